The molecule has 6 nitrogen and oxygen atoms in total. The van der Waals surface area contributed by atoms with Crippen LogP contribution in [0.2, 0.25) is 0 Å². The number of carbonyl (C=O) groups excluding carboxylic acids is 1. The third kappa shape index (κ3) is 3.41. The highest BCUT2D eigenvalue weighted by atomic mass is 32.2. The van der Waals surface area contributed by atoms with Gasteiger partial charge >= 0.3 is 6.09 Å². The van der Waals surface area contributed by atoms with Crippen LogP contribution in [0.15, 0.2) is 35.2 Å². The molecule has 1 amide bonds. The van der Waals surface area contributed by atoms with Crippen LogP contribution in [0.5, 0.6) is 0 Å². The highest BCUT2D eigenvalue weighted by Gasteiger charge is 2.62. The van der Waals surface area contributed by atoms with Gasteiger partial charge in [0.05, 0.1) is 15.7 Å². The van der Waals surface area contributed by atoms with Crippen LogP contribution in [-0.4, -0.2) is 37.4 Å². The van der Waals surface area contributed by atoms with E-state index in [0.29, 0.717) is 6.42 Å². The monoisotopic (exact) mass is 326 g/mol. The maximum Gasteiger partial charge on any atom is 0.408 e. The summed E-state index contributed by atoms with van der Waals surface area (Å²) in [6, 6.07) is 8.17. The highest BCUT2D eigenvalue weighted by molar-refractivity contribution is 7.92. The number of nitrogens with two attached hydrogens (primary N) is 1. The molecule has 0 spiro atoms. The van der Waals surface area contributed by atoms with Crippen molar-refractivity contribution in [1.82, 2.24) is 5.32 Å². The number of sulfone groups is 1. The number of hydrogen-bond acceptors (Lipinski definition) is 5. The van der Waals surface area contributed by atoms with Crippen LogP contribution in [0.4, 0.5) is 4.79 Å². The number of carbonyl (C=O) groups is 1. The quantitative estimate of drug-likeness (QED) is 0.872. The molecule has 0 bridgehead atoms. The number of benzene rings is 1. The van der Waals surface area contributed by atoms with Crippen molar-refractivity contribution in [2.24, 2.45) is 5.73 Å². The molecule has 1 fully saturated rings. The summed E-state index contributed by atoms with van der Waals surface area (Å²) in [5.74, 6) is 0. The van der Waals surface area contributed by atoms with E-state index in [1.165, 1.54) is 0 Å². The molecule has 0 heterocycles. The fourth-order valence-electron chi connectivity index (χ4n) is 2.36. The third-order valence-corrected chi connectivity index (χ3v) is 5.86. The summed E-state index contributed by atoms with van der Waals surface area (Å²) in [6.07, 6.45) is -0.358. The largest absolute Gasteiger partial charge is 0.444 e. The third-order valence-electron chi connectivity index (χ3n) is 3.57. The highest BCUT2D eigenvalue weighted by Crippen LogP contribution is 2.44. The average molecular weight is 326 g/mol. The summed E-state index contributed by atoms with van der Waals surface area (Å²) in [5.41, 5.74) is 4.11. The van der Waals surface area contributed by atoms with Gasteiger partial charge in [0.2, 0.25) is 0 Å². The molecule has 1 aliphatic carbocycles. The molecule has 1 aliphatic rings. The minimum Gasteiger partial charge on any atom is -0.444 e. The first kappa shape index (κ1) is 16.8. The molecule has 0 radical (unpaired) electrons. The summed E-state index contributed by atoms with van der Waals surface area (Å²) < 4.78 is 30.4. The molecule has 2 atom stereocenters. The van der Waals surface area contributed by atoms with Crippen molar-refractivity contribution < 1.29 is 17.9 Å². The molecule has 0 aromatic heterocycles. The molecular formula is C15H22N2O4S. The molecule has 0 aliphatic heterocycles. The number of hydrogen-bond donors (Lipinski definition) is 2. The van der Waals surface area contributed by atoms with Gasteiger partial charge in [-0.15, -0.1) is 0 Å². The van der Waals surface area contributed by atoms with Crippen molar-refractivity contribution in [2.45, 2.75) is 48.5 Å². The average Bonchev–Trinajstić information content (AvgIpc) is 3.13. The van der Waals surface area contributed by atoms with E-state index in [-0.39, 0.29) is 11.4 Å². The first-order chi connectivity index (χ1) is 10.1. The van der Waals surface area contributed by atoms with Gasteiger partial charge in [-0.3, -0.25) is 0 Å². The molecule has 22 heavy (non-hydrogen) atoms. The molecule has 2 rings (SSSR count). The van der Waals surface area contributed by atoms with Crippen molar-refractivity contribution in [3.05, 3.63) is 30.3 Å². The van der Waals surface area contributed by atoms with Crippen molar-refractivity contribution in [2.75, 3.05) is 6.54 Å². The van der Waals surface area contributed by atoms with Crippen LogP contribution in [0.25, 0.3) is 0 Å². The van der Waals surface area contributed by atoms with E-state index < -0.39 is 32.3 Å². The Balaban J connectivity index is 2.14. The van der Waals surface area contributed by atoms with Gasteiger partial charge in [-0.2, -0.15) is 0 Å². The summed E-state index contributed by atoms with van der Waals surface area (Å²) in [7, 11) is -3.53. The van der Waals surface area contributed by atoms with Crippen LogP contribution >= 0.6 is 0 Å². The summed E-state index contributed by atoms with van der Waals surface area (Å²) in [4.78, 5) is 12.1. The maximum atomic E-state index is 12.6. The molecule has 7 heteroatoms. The van der Waals surface area contributed by atoms with Crippen LogP contribution in [0.3, 0.4) is 0 Å². The molecular weight excluding hydrogens is 304 g/mol. The fraction of sp³-hybridized carbons (Fsp3) is 0.533. The van der Waals surface area contributed by atoms with Crippen LogP contribution in [-0.2, 0) is 14.6 Å². The fourth-order valence-corrected chi connectivity index (χ4v) is 4.49. The van der Waals surface area contributed by atoms with Crippen LogP contribution in [0, 0.1) is 0 Å². The van der Waals surface area contributed by atoms with Crippen LogP contribution < -0.4 is 11.1 Å². The number of amides is 1. The zero-order valence-corrected chi connectivity index (χ0v) is 13.8. The number of rotatable bonds is 4. The molecule has 1 aromatic rings. The van der Waals surface area contributed by atoms with Gasteiger partial charge in [-0.25, -0.2) is 13.2 Å². The van der Waals surface area contributed by atoms with Gasteiger partial charge in [0.25, 0.3) is 0 Å². The van der Waals surface area contributed by atoms with Crippen LogP contribution in [0.1, 0.15) is 27.2 Å². The number of ether oxygens (including phenoxy) is 1. The zero-order chi connectivity index (χ0) is 16.6. The topological polar surface area (TPSA) is 98.5 Å². The Bertz CT molecular complexity index is 652. The summed E-state index contributed by atoms with van der Waals surface area (Å²) in [5, 5.41) is 1.91. The summed E-state index contributed by atoms with van der Waals surface area (Å²) in [6.45, 7) is 5.27. The standard InChI is InChI=1S/C15H22N2O4S/c1-14(2,3)21-13(18)17-15(10-16)9-12(15)22(19,20)11-7-5-4-6-8-11/h4-8,12H,9-10,16H2,1-3H3,(H,17,18)/t12-,15-/m0/s1. The van der Waals surface area contributed by atoms with Crippen molar-refractivity contribution in [3.63, 3.8) is 0 Å². The van der Waals surface area contributed by atoms with E-state index in [2.05, 4.69) is 5.32 Å². The van der Waals surface area contributed by atoms with Gasteiger partial charge in [0.1, 0.15) is 5.60 Å². The Hall–Kier alpha value is -1.60. The van der Waals surface area contributed by atoms with Gasteiger partial charge in [0.15, 0.2) is 9.84 Å². The lowest BCUT2D eigenvalue weighted by Gasteiger charge is -2.23. The van der Waals surface area contributed by atoms with E-state index in [9.17, 15) is 13.2 Å². The van der Waals surface area contributed by atoms with E-state index in [1.54, 1.807) is 51.1 Å². The van der Waals surface area contributed by atoms with E-state index in [4.69, 9.17) is 10.5 Å². The lowest BCUT2D eigenvalue weighted by molar-refractivity contribution is 0.0499. The van der Waals surface area contributed by atoms with Gasteiger partial charge < -0.3 is 15.8 Å². The lowest BCUT2D eigenvalue weighted by atomic mass is 10.2. The predicted octanol–water partition coefficient (Wildman–Crippen LogP) is 1.45. The van der Waals surface area contributed by atoms with Gasteiger partial charge in [-0.1, -0.05) is 18.2 Å². The minimum absolute atomic E-state index is 0.0446. The first-order valence-electron chi connectivity index (χ1n) is 7.11. The number of nitrogens with one attached hydrogen (secondary N) is 1. The normalized spacial score (nSPS) is 24.6. The van der Waals surface area contributed by atoms with Gasteiger partial charge in [0, 0.05) is 6.54 Å². The van der Waals surface area contributed by atoms with E-state index in [1.807, 2.05) is 0 Å². The first-order valence-corrected chi connectivity index (χ1v) is 8.65. The second-order valence-corrected chi connectivity index (χ2v) is 8.67. The second-order valence-electron chi connectivity index (χ2n) is 6.54. The Morgan fingerprint density at radius 1 is 1.36 bits per heavy atom. The van der Waals surface area contributed by atoms with Crippen molar-refractivity contribution in [3.8, 4) is 0 Å². The van der Waals surface area contributed by atoms with E-state index in [0.717, 1.165) is 0 Å². The molecule has 3 N–H and O–H groups in total. The van der Waals surface area contributed by atoms with Gasteiger partial charge in [-0.05, 0) is 39.3 Å². The van der Waals surface area contributed by atoms with Crippen molar-refractivity contribution >= 4 is 15.9 Å². The SMILES string of the molecule is CC(C)(C)OC(=O)N[C@]1(CN)C[C@@H]1S(=O)(=O)c1ccccc1. The lowest BCUT2D eigenvalue weighted by Crippen LogP contribution is -2.48. The molecule has 0 unspecified atom stereocenters. The number of alkyl carbamates (subject to hydrolysis) is 1. The van der Waals surface area contributed by atoms with E-state index >= 15 is 0 Å². The summed E-state index contributed by atoms with van der Waals surface area (Å²) >= 11 is 0. The zero-order valence-electron chi connectivity index (χ0n) is 13.0. The maximum absolute atomic E-state index is 12.6. The molecule has 1 saturated carbocycles. The Labute approximate surface area is 131 Å². The Morgan fingerprint density at radius 2 is 1.95 bits per heavy atom. The second kappa shape index (κ2) is 5.55. The predicted molar refractivity (Wildman–Crippen MR) is 83.2 cm³/mol. The Kier molecular flexibility index (Phi) is 4.23. The minimum atomic E-state index is -3.53. The molecule has 122 valence electrons. The smallest absolute Gasteiger partial charge is 0.408 e. The molecule has 1 aromatic carbocycles. The molecule has 0 saturated heterocycles. The Morgan fingerprint density at radius 3 is 2.45 bits per heavy atom. The van der Waals surface area contributed by atoms with Crippen molar-refractivity contribution in [1.29, 1.82) is 0 Å².